The average Bonchev–Trinajstić information content (AvgIpc) is 2.60. The second kappa shape index (κ2) is 4.00. The first-order chi connectivity index (χ1) is 7.15. The summed E-state index contributed by atoms with van der Waals surface area (Å²) >= 11 is 0. The summed E-state index contributed by atoms with van der Waals surface area (Å²) in [6, 6.07) is 0. The van der Waals surface area contributed by atoms with E-state index in [0.29, 0.717) is 5.41 Å². The van der Waals surface area contributed by atoms with Crippen LogP contribution in [0.2, 0.25) is 0 Å². The third kappa shape index (κ3) is 2.09. The van der Waals surface area contributed by atoms with Crippen molar-refractivity contribution in [2.45, 2.75) is 19.3 Å². The third-order valence-corrected chi connectivity index (χ3v) is 3.89. The molecule has 0 aromatic carbocycles. The van der Waals surface area contributed by atoms with Crippen molar-refractivity contribution in [3.05, 3.63) is 0 Å². The molecule has 15 heavy (non-hydrogen) atoms. The summed E-state index contributed by atoms with van der Waals surface area (Å²) in [5, 5.41) is 0. The molecule has 0 bridgehead atoms. The minimum absolute atomic E-state index is 0.170. The Morgan fingerprint density at radius 1 is 1.20 bits per heavy atom. The van der Waals surface area contributed by atoms with Gasteiger partial charge in [0.05, 0.1) is 7.11 Å². The molecule has 2 aliphatic heterocycles. The lowest BCUT2D eigenvalue weighted by Gasteiger charge is -2.38. The highest BCUT2D eigenvalue weighted by Crippen LogP contribution is 2.39. The normalized spacial score (nSPS) is 25.9. The van der Waals surface area contributed by atoms with Crippen molar-refractivity contribution in [2.24, 2.45) is 5.41 Å². The highest BCUT2D eigenvalue weighted by Gasteiger charge is 2.40. The summed E-state index contributed by atoms with van der Waals surface area (Å²) in [7, 11) is 3.64. The molecule has 0 aromatic rings. The van der Waals surface area contributed by atoms with Gasteiger partial charge in [0.2, 0.25) is 0 Å². The van der Waals surface area contributed by atoms with E-state index in [-0.39, 0.29) is 6.09 Å². The predicted octanol–water partition coefficient (Wildman–Crippen LogP) is 1.17. The van der Waals surface area contributed by atoms with Crippen LogP contribution in [0.1, 0.15) is 19.3 Å². The molecule has 0 atom stereocenters. The highest BCUT2D eigenvalue weighted by molar-refractivity contribution is 5.67. The van der Waals surface area contributed by atoms with Gasteiger partial charge >= 0.3 is 6.09 Å². The molecule has 0 saturated carbocycles. The molecule has 2 saturated heterocycles. The summed E-state index contributed by atoms with van der Waals surface area (Å²) in [6.45, 7) is 4.13. The molecule has 0 unspecified atom stereocenters. The quantitative estimate of drug-likeness (QED) is 0.604. The fourth-order valence-corrected chi connectivity index (χ4v) is 2.86. The van der Waals surface area contributed by atoms with Crippen LogP contribution in [0, 0.1) is 5.41 Å². The summed E-state index contributed by atoms with van der Waals surface area (Å²) < 4.78 is 4.74. The van der Waals surface area contributed by atoms with Crippen molar-refractivity contribution in [3.8, 4) is 0 Å². The maximum atomic E-state index is 11.3. The number of hydrogen-bond acceptors (Lipinski definition) is 3. The van der Waals surface area contributed by atoms with E-state index >= 15 is 0 Å². The summed E-state index contributed by atoms with van der Waals surface area (Å²) in [6.07, 6.45) is 3.38. The van der Waals surface area contributed by atoms with Gasteiger partial charge in [-0.25, -0.2) is 4.79 Å². The monoisotopic (exact) mass is 212 g/mol. The number of piperidine rings is 1. The molecule has 2 heterocycles. The molecular weight excluding hydrogens is 192 g/mol. The van der Waals surface area contributed by atoms with Crippen LogP contribution in [0.3, 0.4) is 0 Å². The minimum Gasteiger partial charge on any atom is -0.453 e. The lowest BCUT2D eigenvalue weighted by atomic mass is 9.78. The van der Waals surface area contributed by atoms with Gasteiger partial charge in [0.15, 0.2) is 0 Å². The van der Waals surface area contributed by atoms with Gasteiger partial charge in [0, 0.05) is 19.6 Å². The Morgan fingerprint density at radius 3 is 2.27 bits per heavy atom. The van der Waals surface area contributed by atoms with Crippen molar-refractivity contribution in [1.82, 2.24) is 9.80 Å². The lowest BCUT2D eigenvalue weighted by molar-refractivity contribution is 0.0811. The third-order valence-electron chi connectivity index (χ3n) is 3.89. The predicted molar refractivity (Wildman–Crippen MR) is 57.8 cm³/mol. The van der Waals surface area contributed by atoms with Crippen molar-refractivity contribution < 1.29 is 9.53 Å². The minimum atomic E-state index is -0.170. The standard InChI is InChI=1S/C11H20N2O2/c1-12-6-3-11(9-12)4-7-13(8-5-11)10(14)15-2/h3-9H2,1-2H3. The second-order valence-electron chi connectivity index (χ2n) is 4.94. The first-order valence-electron chi connectivity index (χ1n) is 5.67. The Morgan fingerprint density at radius 2 is 1.80 bits per heavy atom. The molecule has 2 fully saturated rings. The first-order valence-corrected chi connectivity index (χ1v) is 5.67. The van der Waals surface area contributed by atoms with E-state index in [4.69, 9.17) is 4.74 Å². The fourth-order valence-electron chi connectivity index (χ4n) is 2.86. The van der Waals surface area contributed by atoms with Gasteiger partial charge in [-0.1, -0.05) is 0 Å². The van der Waals surface area contributed by atoms with Gasteiger partial charge in [0.25, 0.3) is 0 Å². The first kappa shape index (κ1) is 10.7. The average molecular weight is 212 g/mol. The van der Waals surface area contributed by atoms with Crippen molar-refractivity contribution in [2.75, 3.05) is 40.3 Å². The van der Waals surface area contributed by atoms with Gasteiger partial charge in [-0.15, -0.1) is 0 Å². The number of carbonyl (C=O) groups excluding carboxylic acids is 1. The number of hydrogen-bond donors (Lipinski definition) is 0. The number of rotatable bonds is 0. The van der Waals surface area contributed by atoms with Crippen LogP contribution in [-0.2, 0) is 4.74 Å². The van der Waals surface area contributed by atoms with E-state index in [1.807, 2.05) is 4.90 Å². The Balaban J connectivity index is 1.89. The Labute approximate surface area is 91.2 Å². The number of ether oxygens (including phenoxy) is 1. The van der Waals surface area contributed by atoms with Gasteiger partial charge in [-0.3, -0.25) is 0 Å². The van der Waals surface area contributed by atoms with Crippen LogP contribution in [0.4, 0.5) is 4.79 Å². The van der Waals surface area contributed by atoms with E-state index in [2.05, 4.69) is 11.9 Å². The Hall–Kier alpha value is -0.770. The topological polar surface area (TPSA) is 32.8 Å². The molecule has 0 aromatic heterocycles. The number of methoxy groups -OCH3 is 1. The molecule has 0 aliphatic carbocycles. The maximum Gasteiger partial charge on any atom is 0.409 e. The van der Waals surface area contributed by atoms with Crippen LogP contribution in [0.25, 0.3) is 0 Å². The van der Waals surface area contributed by atoms with E-state index in [1.165, 1.54) is 26.6 Å². The van der Waals surface area contributed by atoms with Gasteiger partial charge < -0.3 is 14.5 Å². The van der Waals surface area contributed by atoms with E-state index in [1.54, 1.807) is 0 Å². The zero-order valence-corrected chi connectivity index (χ0v) is 9.66. The summed E-state index contributed by atoms with van der Waals surface area (Å²) in [5.41, 5.74) is 0.485. The molecule has 86 valence electrons. The Bertz CT molecular complexity index is 247. The van der Waals surface area contributed by atoms with Gasteiger partial charge in [-0.2, -0.15) is 0 Å². The molecule has 4 nitrogen and oxygen atoms in total. The van der Waals surface area contributed by atoms with Crippen LogP contribution in [0.15, 0.2) is 0 Å². The number of amides is 1. The van der Waals surface area contributed by atoms with Crippen LogP contribution < -0.4 is 0 Å². The fraction of sp³-hybridized carbons (Fsp3) is 0.909. The van der Waals surface area contributed by atoms with Crippen molar-refractivity contribution >= 4 is 6.09 Å². The highest BCUT2D eigenvalue weighted by atomic mass is 16.5. The van der Waals surface area contributed by atoms with Gasteiger partial charge in [-0.05, 0) is 38.3 Å². The molecule has 2 aliphatic rings. The zero-order valence-electron chi connectivity index (χ0n) is 9.66. The molecule has 0 N–H and O–H groups in total. The SMILES string of the molecule is COC(=O)N1CCC2(CCN(C)C2)CC1. The van der Waals surface area contributed by atoms with E-state index in [0.717, 1.165) is 25.9 Å². The molecule has 1 amide bonds. The van der Waals surface area contributed by atoms with E-state index < -0.39 is 0 Å². The summed E-state index contributed by atoms with van der Waals surface area (Å²) in [4.78, 5) is 15.5. The summed E-state index contributed by atoms with van der Waals surface area (Å²) in [5.74, 6) is 0. The van der Waals surface area contributed by atoms with Crippen molar-refractivity contribution in [1.29, 1.82) is 0 Å². The van der Waals surface area contributed by atoms with Gasteiger partial charge in [0.1, 0.15) is 0 Å². The number of likely N-dealkylation sites (tertiary alicyclic amines) is 2. The largest absolute Gasteiger partial charge is 0.453 e. The zero-order chi connectivity index (χ0) is 10.9. The number of carbonyl (C=O) groups is 1. The van der Waals surface area contributed by atoms with Crippen LogP contribution >= 0.6 is 0 Å². The lowest BCUT2D eigenvalue weighted by Crippen LogP contribution is -2.44. The Kier molecular flexibility index (Phi) is 2.87. The van der Waals surface area contributed by atoms with Crippen LogP contribution in [0.5, 0.6) is 0 Å². The molecule has 1 spiro atoms. The number of nitrogens with zero attached hydrogens (tertiary/aromatic N) is 2. The second-order valence-corrected chi connectivity index (χ2v) is 4.94. The molecular formula is C11H20N2O2. The smallest absolute Gasteiger partial charge is 0.409 e. The van der Waals surface area contributed by atoms with Crippen molar-refractivity contribution in [3.63, 3.8) is 0 Å². The van der Waals surface area contributed by atoms with E-state index in [9.17, 15) is 4.79 Å². The maximum absolute atomic E-state index is 11.3. The molecule has 2 rings (SSSR count). The molecule has 0 radical (unpaired) electrons. The van der Waals surface area contributed by atoms with Crippen LogP contribution in [-0.4, -0.2) is 56.2 Å². The molecule has 4 heteroatoms.